The van der Waals surface area contributed by atoms with Gasteiger partial charge >= 0.3 is 0 Å². The molecule has 0 spiro atoms. The Morgan fingerprint density at radius 1 is 1.29 bits per heavy atom. The van der Waals surface area contributed by atoms with E-state index in [0.717, 1.165) is 30.7 Å². The van der Waals surface area contributed by atoms with Crippen molar-refractivity contribution in [3.63, 3.8) is 0 Å². The number of thiophene rings is 1. The van der Waals surface area contributed by atoms with Gasteiger partial charge in [-0.1, -0.05) is 13.8 Å². The number of carbonyl (C=O) groups excluding carboxylic acids is 1. The lowest BCUT2D eigenvalue weighted by Gasteiger charge is -2.16. The summed E-state index contributed by atoms with van der Waals surface area (Å²) in [5.74, 6) is 0.570. The minimum absolute atomic E-state index is 0.0134. The van der Waals surface area contributed by atoms with Crippen LogP contribution in [0.1, 0.15) is 73.5 Å². The zero-order valence-electron chi connectivity index (χ0n) is 12.9. The van der Waals surface area contributed by atoms with Crippen molar-refractivity contribution < 1.29 is 4.79 Å². The topological polar surface area (TPSA) is 67.2 Å². The number of nitrogens with two attached hydrogens (primary N) is 1. The van der Waals surface area contributed by atoms with Crippen LogP contribution in [0, 0.1) is 0 Å². The molecule has 1 heterocycles. The molecule has 0 saturated heterocycles. The minimum Gasteiger partial charge on any atom is -0.397 e. The lowest BCUT2D eigenvalue weighted by Crippen LogP contribution is -2.25. The highest BCUT2D eigenvalue weighted by atomic mass is 32.1. The highest BCUT2D eigenvalue weighted by Gasteiger charge is 2.34. The van der Waals surface area contributed by atoms with Crippen LogP contribution in [0.25, 0.3) is 0 Å². The molecule has 1 amide bonds. The third-order valence-corrected chi connectivity index (χ3v) is 5.56. The molecule has 0 radical (unpaired) electrons. The predicted molar refractivity (Wildman–Crippen MR) is 89.2 cm³/mol. The van der Waals surface area contributed by atoms with E-state index in [0.29, 0.717) is 28.6 Å². The summed E-state index contributed by atoms with van der Waals surface area (Å²) < 4.78 is 0. The molecule has 2 aliphatic rings. The Kier molecular flexibility index (Phi) is 4.11. The van der Waals surface area contributed by atoms with Gasteiger partial charge in [0.2, 0.25) is 0 Å². The van der Waals surface area contributed by atoms with Gasteiger partial charge in [0.1, 0.15) is 4.88 Å². The van der Waals surface area contributed by atoms with Crippen LogP contribution in [-0.2, 0) is 0 Å². The molecule has 0 aromatic carbocycles. The summed E-state index contributed by atoms with van der Waals surface area (Å²) in [6.07, 6.45) is 6.77. The van der Waals surface area contributed by atoms with Crippen LogP contribution in [-0.4, -0.2) is 18.0 Å². The fraction of sp³-hybridized carbons (Fsp3) is 0.688. The molecule has 4 N–H and O–H groups in total. The molecule has 5 heteroatoms. The summed E-state index contributed by atoms with van der Waals surface area (Å²) in [7, 11) is 0. The lowest BCUT2D eigenvalue weighted by atomic mass is 10.1. The third kappa shape index (κ3) is 3.18. The van der Waals surface area contributed by atoms with Crippen molar-refractivity contribution in [2.45, 2.75) is 70.4 Å². The van der Waals surface area contributed by atoms with Gasteiger partial charge in [0.25, 0.3) is 5.91 Å². The van der Waals surface area contributed by atoms with Crippen molar-refractivity contribution in [3.05, 3.63) is 10.4 Å². The van der Waals surface area contributed by atoms with E-state index in [1.165, 1.54) is 18.4 Å². The Morgan fingerprint density at radius 2 is 1.95 bits per heavy atom. The van der Waals surface area contributed by atoms with Crippen molar-refractivity contribution in [1.29, 1.82) is 0 Å². The molecule has 1 aromatic heterocycles. The van der Waals surface area contributed by atoms with Gasteiger partial charge < -0.3 is 16.4 Å². The van der Waals surface area contributed by atoms with Crippen LogP contribution < -0.4 is 16.4 Å². The zero-order chi connectivity index (χ0) is 15.0. The number of amides is 1. The third-order valence-electron chi connectivity index (χ3n) is 4.41. The zero-order valence-corrected chi connectivity index (χ0v) is 13.7. The molecule has 2 saturated carbocycles. The van der Waals surface area contributed by atoms with Crippen molar-refractivity contribution in [2.24, 2.45) is 0 Å². The maximum atomic E-state index is 12.3. The molecule has 0 bridgehead atoms. The van der Waals surface area contributed by atoms with Gasteiger partial charge in [-0.05, 0) is 44.4 Å². The number of rotatable bonds is 7. The van der Waals surface area contributed by atoms with E-state index in [4.69, 9.17) is 5.73 Å². The van der Waals surface area contributed by atoms with Crippen molar-refractivity contribution in [1.82, 2.24) is 5.32 Å². The van der Waals surface area contributed by atoms with Crippen LogP contribution in [0.4, 0.5) is 10.7 Å². The van der Waals surface area contributed by atoms with E-state index in [-0.39, 0.29) is 5.91 Å². The summed E-state index contributed by atoms with van der Waals surface area (Å²) in [5.41, 5.74) is 8.23. The molecule has 4 nitrogen and oxygen atoms in total. The molecule has 0 unspecified atom stereocenters. The van der Waals surface area contributed by atoms with E-state index in [1.807, 2.05) is 0 Å². The van der Waals surface area contributed by atoms with Crippen molar-refractivity contribution in [2.75, 3.05) is 11.1 Å². The molecular weight excluding hydrogens is 282 g/mol. The smallest absolute Gasteiger partial charge is 0.263 e. The molecule has 3 rings (SSSR count). The first-order valence-corrected chi connectivity index (χ1v) is 8.95. The Bertz CT molecular complexity index is 528. The quantitative estimate of drug-likeness (QED) is 0.719. The van der Waals surface area contributed by atoms with Crippen LogP contribution in [0.15, 0.2) is 0 Å². The van der Waals surface area contributed by atoms with Crippen molar-refractivity contribution >= 4 is 27.9 Å². The standard InChI is InChI=1S/C16H25N3OS/c1-3-10(4-2)19-16-12(9-5-6-9)13(17)14(21-16)15(20)18-11-7-8-11/h9-11,19H,3-8,17H2,1-2H3,(H,18,20). The fourth-order valence-electron chi connectivity index (χ4n) is 2.67. The highest BCUT2D eigenvalue weighted by Crippen LogP contribution is 2.51. The minimum atomic E-state index is 0.0134. The first kappa shape index (κ1) is 14.7. The average molecular weight is 307 g/mol. The van der Waals surface area contributed by atoms with E-state index in [2.05, 4.69) is 24.5 Å². The summed E-state index contributed by atoms with van der Waals surface area (Å²) in [6.45, 7) is 4.38. The van der Waals surface area contributed by atoms with Crippen LogP contribution >= 0.6 is 11.3 Å². The SMILES string of the molecule is CCC(CC)Nc1sc(C(=O)NC2CC2)c(N)c1C1CC1. The van der Waals surface area contributed by atoms with Gasteiger partial charge in [0.15, 0.2) is 0 Å². The largest absolute Gasteiger partial charge is 0.397 e. The number of hydrogen-bond donors (Lipinski definition) is 3. The van der Waals surface area contributed by atoms with Crippen LogP contribution in [0.3, 0.4) is 0 Å². The average Bonchev–Trinajstić information content (AvgIpc) is 3.37. The Balaban J connectivity index is 1.85. The number of nitrogen functional groups attached to an aromatic ring is 1. The first-order valence-electron chi connectivity index (χ1n) is 8.13. The molecule has 2 fully saturated rings. The molecule has 116 valence electrons. The number of hydrogen-bond acceptors (Lipinski definition) is 4. The number of carbonyl (C=O) groups is 1. The fourth-order valence-corrected chi connectivity index (χ4v) is 3.85. The normalized spacial score (nSPS) is 18.0. The van der Waals surface area contributed by atoms with Crippen molar-refractivity contribution in [3.8, 4) is 0 Å². The van der Waals surface area contributed by atoms with E-state index in [9.17, 15) is 4.79 Å². The van der Waals surface area contributed by atoms with Gasteiger partial charge in [-0.25, -0.2) is 0 Å². The van der Waals surface area contributed by atoms with E-state index < -0.39 is 0 Å². The number of nitrogens with one attached hydrogen (secondary N) is 2. The molecule has 0 aliphatic heterocycles. The summed E-state index contributed by atoms with van der Waals surface area (Å²) in [4.78, 5) is 13.0. The van der Waals surface area contributed by atoms with Gasteiger partial charge in [-0.15, -0.1) is 11.3 Å². The summed E-state index contributed by atoms with van der Waals surface area (Å²) in [6, 6.07) is 0.832. The van der Waals surface area contributed by atoms with Crippen LogP contribution in [0.2, 0.25) is 0 Å². The highest BCUT2D eigenvalue weighted by molar-refractivity contribution is 7.18. The second kappa shape index (κ2) is 5.87. The Labute approximate surface area is 130 Å². The van der Waals surface area contributed by atoms with Crippen LogP contribution in [0.5, 0.6) is 0 Å². The van der Waals surface area contributed by atoms with Gasteiger partial charge in [0.05, 0.1) is 10.7 Å². The first-order chi connectivity index (χ1) is 10.1. The molecule has 1 aromatic rings. The maximum absolute atomic E-state index is 12.3. The van der Waals surface area contributed by atoms with Gasteiger partial charge in [0, 0.05) is 17.6 Å². The second-order valence-corrected chi connectivity index (χ2v) is 7.29. The molecule has 21 heavy (non-hydrogen) atoms. The van der Waals surface area contributed by atoms with Gasteiger partial charge in [-0.3, -0.25) is 4.79 Å². The molecule has 0 atom stereocenters. The summed E-state index contributed by atoms with van der Waals surface area (Å²) in [5, 5.41) is 7.80. The van der Waals surface area contributed by atoms with E-state index in [1.54, 1.807) is 11.3 Å². The Morgan fingerprint density at radius 3 is 2.48 bits per heavy atom. The monoisotopic (exact) mass is 307 g/mol. The summed E-state index contributed by atoms with van der Waals surface area (Å²) >= 11 is 1.54. The van der Waals surface area contributed by atoms with Gasteiger partial charge in [-0.2, -0.15) is 0 Å². The maximum Gasteiger partial charge on any atom is 0.263 e. The molecular formula is C16H25N3OS. The molecule has 2 aliphatic carbocycles. The number of anilines is 2. The lowest BCUT2D eigenvalue weighted by molar-refractivity contribution is 0.0956. The second-order valence-electron chi connectivity index (χ2n) is 6.27. The van der Waals surface area contributed by atoms with E-state index >= 15 is 0 Å². The predicted octanol–water partition coefficient (Wildman–Crippen LogP) is 3.70. The Hall–Kier alpha value is -1.23.